The minimum Gasteiger partial charge on any atom is -0.491 e. The summed E-state index contributed by atoms with van der Waals surface area (Å²) in [7, 11) is 3.27. The highest BCUT2D eigenvalue weighted by Crippen LogP contribution is 2.14. The van der Waals surface area contributed by atoms with Gasteiger partial charge in [-0.05, 0) is 48.2 Å². The maximum absolute atomic E-state index is 9.89. The Hall–Kier alpha value is -3.34. The fourth-order valence-electron chi connectivity index (χ4n) is 3.23. The molecule has 274 valence electrons. The van der Waals surface area contributed by atoms with Crippen molar-refractivity contribution in [2.45, 2.75) is 76.7 Å². The molecule has 0 amide bonds. The highest BCUT2D eigenvalue weighted by Gasteiger charge is 2.29. The van der Waals surface area contributed by atoms with Gasteiger partial charge in [0.05, 0.1) is 13.2 Å². The van der Waals surface area contributed by atoms with Gasteiger partial charge in [0.25, 0.3) is 0 Å². The first-order chi connectivity index (χ1) is 27.5. The zero-order valence-corrected chi connectivity index (χ0v) is 26.9. The largest absolute Gasteiger partial charge is 0.491 e. The molecule has 4 unspecified atom stereocenters. The van der Waals surface area contributed by atoms with Gasteiger partial charge in [-0.25, -0.2) is 9.59 Å². The van der Waals surface area contributed by atoms with Gasteiger partial charge in [-0.1, -0.05) is 51.7 Å². The van der Waals surface area contributed by atoms with Crippen LogP contribution in [0.2, 0.25) is 0 Å². The fraction of sp³-hybridized carbons (Fsp3) is 0.588. The van der Waals surface area contributed by atoms with Gasteiger partial charge in [0.15, 0.2) is 12.2 Å². The second-order valence-corrected chi connectivity index (χ2v) is 9.95. The molecule has 48 heavy (non-hydrogen) atoms. The molecule has 8 N–H and O–H groups in total. The van der Waals surface area contributed by atoms with Gasteiger partial charge in [0.2, 0.25) is 0 Å². The van der Waals surface area contributed by atoms with Crippen molar-refractivity contribution in [1.29, 1.82) is 0 Å². The molecule has 0 saturated heterocycles. The minimum atomic E-state index is -2.69. The van der Waals surface area contributed by atoms with E-state index in [2.05, 4.69) is 10.6 Å². The summed E-state index contributed by atoms with van der Waals surface area (Å²) in [6.07, 6.45) is -5.04. The smallest absolute Gasteiger partial charge is 0.335 e. The Morgan fingerprint density at radius 3 is 1.25 bits per heavy atom. The number of aliphatic hydroxyl groups excluding tert-OH is 4. The topological polar surface area (TPSA) is 216 Å². The van der Waals surface area contributed by atoms with E-state index in [0.29, 0.717) is 24.7 Å². The second kappa shape index (κ2) is 26.6. The lowest BCUT2D eigenvalue weighted by atomic mass is 10.1. The lowest BCUT2D eigenvalue weighted by Crippen LogP contribution is -2.39. The van der Waals surface area contributed by atoms with Crippen LogP contribution in [0.5, 0.6) is 11.5 Å². The average Bonchev–Trinajstić information content (AvgIpc) is 3.13. The van der Waals surface area contributed by atoms with Gasteiger partial charge in [-0.15, -0.1) is 0 Å². The molecule has 0 bridgehead atoms. The van der Waals surface area contributed by atoms with E-state index in [9.17, 15) is 19.8 Å². The van der Waals surface area contributed by atoms with Crippen LogP contribution in [0, 0.1) is 0 Å². The molecule has 14 nitrogen and oxygen atoms in total. The zero-order valence-electron chi connectivity index (χ0n) is 38.9. The molecule has 2 rings (SSSR count). The third-order valence-electron chi connectivity index (χ3n) is 5.84. The summed E-state index contributed by atoms with van der Waals surface area (Å²) in [6.45, 7) is -10.1. The molecule has 0 radical (unpaired) electrons. The van der Waals surface area contributed by atoms with Gasteiger partial charge < -0.3 is 60.2 Å². The number of hydrogen-bond donors (Lipinski definition) is 8. The normalized spacial score (nSPS) is 18.1. The lowest BCUT2D eigenvalue weighted by Gasteiger charge is -2.15. The number of carboxylic acid groups (broad SMARTS) is 2. The number of methoxy groups -OCH3 is 2. The zero-order chi connectivity index (χ0) is 46.5. The van der Waals surface area contributed by atoms with E-state index in [1.54, 1.807) is 38.5 Å². The van der Waals surface area contributed by atoms with Gasteiger partial charge >= 0.3 is 11.9 Å². The van der Waals surface area contributed by atoms with Crippen molar-refractivity contribution in [3.63, 3.8) is 0 Å². The first-order valence-corrected chi connectivity index (χ1v) is 14.6. The van der Waals surface area contributed by atoms with Crippen LogP contribution in [-0.4, -0.2) is 133 Å². The Morgan fingerprint density at radius 2 is 0.979 bits per heavy atom. The van der Waals surface area contributed by atoms with Gasteiger partial charge in [0, 0.05) is 55.8 Å². The molecule has 0 aromatic heterocycles. The van der Waals surface area contributed by atoms with Gasteiger partial charge in [-0.3, -0.25) is 0 Å². The summed E-state index contributed by atoms with van der Waals surface area (Å²) < 4.78 is 108. The molecule has 0 fully saturated rings. The second-order valence-electron chi connectivity index (χ2n) is 9.95. The average molecular weight is 697 g/mol. The van der Waals surface area contributed by atoms with E-state index in [0.717, 1.165) is 24.0 Å². The molecule has 0 aliphatic carbocycles. The van der Waals surface area contributed by atoms with Crippen LogP contribution in [0.3, 0.4) is 0 Å². The van der Waals surface area contributed by atoms with Gasteiger partial charge in [0.1, 0.15) is 36.9 Å². The molecule has 0 aliphatic rings. The maximum Gasteiger partial charge on any atom is 0.335 e. The number of ether oxygens (including phenoxy) is 4. The van der Waals surface area contributed by atoms with Crippen LogP contribution >= 0.6 is 0 Å². The van der Waals surface area contributed by atoms with Crippen LogP contribution in [0.25, 0.3) is 0 Å². The van der Waals surface area contributed by atoms with Crippen LogP contribution in [0.1, 0.15) is 55.0 Å². The quantitative estimate of drug-likeness (QED) is 0.0918. The molecule has 14 heteroatoms. The van der Waals surface area contributed by atoms with Crippen molar-refractivity contribution in [1.82, 2.24) is 10.6 Å². The van der Waals surface area contributed by atoms with Crippen molar-refractivity contribution in [3.05, 3.63) is 59.7 Å². The molecule has 0 aliphatic heterocycles. The van der Waals surface area contributed by atoms with Crippen molar-refractivity contribution in [2.24, 2.45) is 0 Å². The van der Waals surface area contributed by atoms with Crippen LogP contribution in [-0.2, 0) is 31.9 Å². The van der Waals surface area contributed by atoms with Crippen LogP contribution in [0.4, 0.5) is 0 Å². The minimum absolute atomic E-state index is 0.0842. The van der Waals surface area contributed by atoms with E-state index in [4.69, 9.17) is 55.8 Å². The molecular weight excluding hydrogens is 628 g/mol. The molecule has 2 aromatic carbocycles. The van der Waals surface area contributed by atoms with Crippen molar-refractivity contribution in [2.75, 3.05) is 53.7 Å². The number of aliphatic hydroxyl groups is 4. The standard InChI is InChI=1S/2C15H25NO3.C4H6O6/c2*1-12(2)16-10-14(17)11-19-15-6-4-13(5-7-15)8-9-18-3;5-1(3(7)8)2(6)4(9)10/h2*4-7,12,14,16-17H,8-11H2,1-3H3;1-2,5-6H,(H,7,8)(H,9,10)/i2*1D3,2D3;. The number of carbonyl (C=O) groups is 2. The first-order valence-electron chi connectivity index (χ1n) is 20.6. The Bertz CT molecular complexity index is 1360. The summed E-state index contributed by atoms with van der Waals surface area (Å²) in [5, 5.41) is 57.1. The Kier molecular flexibility index (Phi) is 15.2. The number of hydrogen-bond acceptors (Lipinski definition) is 12. The molecule has 2 aromatic rings. The molecule has 0 spiro atoms. The Labute approximate surface area is 300 Å². The van der Waals surface area contributed by atoms with E-state index < -0.39 is 75.8 Å². The highest BCUT2D eigenvalue weighted by atomic mass is 16.5. The van der Waals surface area contributed by atoms with Crippen LogP contribution < -0.4 is 20.1 Å². The molecule has 0 saturated carbocycles. The van der Waals surface area contributed by atoms with Crippen molar-refractivity contribution >= 4 is 11.9 Å². The summed E-state index contributed by atoms with van der Waals surface area (Å²) in [5.74, 6) is -2.42. The molecular formula is C34H56N2O12. The number of aliphatic carboxylic acids is 2. The highest BCUT2D eigenvalue weighted by molar-refractivity contribution is 5.83. The Morgan fingerprint density at radius 1 is 0.646 bits per heavy atom. The summed E-state index contributed by atoms with van der Waals surface area (Å²) >= 11 is 0. The third kappa shape index (κ3) is 23.1. The van der Waals surface area contributed by atoms with E-state index >= 15 is 0 Å². The SMILES string of the molecule is O=C(O)C(O)C(O)C(=O)O.[2H]C([2H])([2H])C(NCC(O)COc1ccc(CCOC)cc1)C([2H])([2H])[2H].[2H]C([2H])([2H])C(NCC(O)COc1ccc(CCOC)cc1)C([2H])([2H])[2H]. The van der Waals surface area contributed by atoms with Crippen molar-refractivity contribution in [3.8, 4) is 11.5 Å². The summed E-state index contributed by atoms with van der Waals surface area (Å²) in [5.41, 5.74) is 2.18. The predicted molar refractivity (Wildman–Crippen MR) is 181 cm³/mol. The van der Waals surface area contributed by atoms with E-state index in [-0.39, 0.29) is 26.3 Å². The monoisotopic (exact) mass is 696 g/mol. The van der Waals surface area contributed by atoms with E-state index in [1.165, 1.54) is 0 Å². The number of rotatable bonds is 21. The van der Waals surface area contributed by atoms with E-state index in [1.807, 2.05) is 24.3 Å². The summed E-state index contributed by atoms with van der Waals surface area (Å²) in [6, 6.07) is 11.2. The van der Waals surface area contributed by atoms with Gasteiger partial charge in [-0.2, -0.15) is 0 Å². The lowest BCUT2D eigenvalue weighted by molar-refractivity contribution is -0.165. The number of carboxylic acids is 2. The maximum atomic E-state index is 9.89. The summed E-state index contributed by atoms with van der Waals surface area (Å²) in [4.78, 5) is 19.5. The van der Waals surface area contributed by atoms with Crippen LogP contribution in [0.15, 0.2) is 48.5 Å². The molecule has 0 heterocycles. The number of nitrogens with one attached hydrogen (secondary N) is 2. The molecule has 4 atom stereocenters. The fourth-order valence-corrected chi connectivity index (χ4v) is 3.23. The number of benzene rings is 2. The Balaban J connectivity index is 0.000000949. The third-order valence-corrected chi connectivity index (χ3v) is 5.84. The predicted octanol–water partition coefficient (Wildman–Crippen LogP) is 1.10. The first kappa shape index (κ1) is 27.5. The van der Waals surface area contributed by atoms with Crippen molar-refractivity contribution < 1.29 is 75.6 Å².